The van der Waals surface area contributed by atoms with Crippen LogP contribution >= 0.6 is 11.8 Å². The number of hydrogen-bond donors (Lipinski definition) is 1. The minimum Gasteiger partial charge on any atom is -0.478 e. The van der Waals surface area contributed by atoms with E-state index < -0.39 is 59.7 Å². The van der Waals surface area contributed by atoms with Crippen LogP contribution in [0.15, 0.2) is 35.4 Å². The Morgan fingerprint density at radius 1 is 0.897 bits per heavy atom. The molecule has 0 radical (unpaired) electrons. The van der Waals surface area contributed by atoms with Crippen molar-refractivity contribution in [3.05, 3.63) is 36.2 Å². The lowest BCUT2D eigenvalue weighted by Crippen LogP contribution is -2.61. The molecule has 39 heavy (non-hydrogen) atoms. The van der Waals surface area contributed by atoms with Gasteiger partial charge in [0.25, 0.3) is 0 Å². The fourth-order valence-electron chi connectivity index (χ4n) is 3.77. The predicted octanol–water partition coefficient (Wildman–Crippen LogP) is 1.90. The van der Waals surface area contributed by atoms with E-state index in [0.717, 1.165) is 38.6 Å². The monoisotopic (exact) mass is 562 g/mol. The highest BCUT2D eigenvalue weighted by atomic mass is 32.2. The number of rotatable bonds is 9. The van der Waals surface area contributed by atoms with E-state index >= 15 is 0 Å². The Kier molecular flexibility index (Phi) is 9.95. The van der Waals surface area contributed by atoms with Gasteiger partial charge in [-0.3, -0.25) is 19.2 Å². The molecule has 0 saturated carbocycles. The summed E-state index contributed by atoms with van der Waals surface area (Å²) in [7, 11) is 0. The van der Waals surface area contributed by atoms with Crippen LogP contribution in [0.5, 0.6) is 0 Å². The van der Waals surface area contributed by atoms with E-state index in [2.05, 4.69) is 9.97 Å². The summed E-state index contributed by atoms with van der Waals surface area (Å²) >= 11 is 0.978. The van der Waals surface area contributed by atoms with Crippen LogP contribution in [0.4, 0.5) is 0 Å². The zero-order chi connectivity index (χ0) is 28.7. The molecule has 1 aromatic heterocycles. The number of aromatic nitrogens is 2. The van der Waals surface area contributed by atoms with Crippen molar-refractivity contribution in [3.8, 4) is 0 Å². The maximum absolute atomic E-state index is 12.1. The smallest absolute Gasteiger partial charge is 0.328 e. The Hall–Kier alpha value is -4.04. The van der Waals surface area contributed by atoms with E-state index in [0.29, 0.717) is 15.9 Å². The zero-order valence-electron chi connectivity index (χ0n) is 21.4. The number of hydrogen-bond acceptors (Lipinski definition) is 13. The van der Waals surface area contributed by atoms with Gasteiger partial charge in [-0.1, -0.05) is 30.0 Å². The average Bonchev–Trinajstić information content (AvgIpc) is 2.84. The third kappa shape index (κ3) is 8.22. The molecule has 1 fully saturated rings. The normalized spacial score (nSPS) is 22.7. The molecule has 2 aromatic rings. The van der Waals surface area contributed by atoms with Gasteiger partial charge < -0.3 is 28.8 Å². The number of carboxylic acid groups (broad SMARTS) is 1. The first-order valence-electron chi connectivity index (χ1n) is 11.6. The Labute approximate surface area is 226 Å². The second-order valence-corrected chi connectivity index (χ2v) is 9.35. The summed E-state index contributed by atoms with van der Waals surface area (Å²) in [5, 5.41) is 9.91. The molecule has 13 nitrogen and oxygen atoms in total. The molecule has 1 aromatic carbocycles. The fourth-order valence-corrected chi connectivity index (χ4v) is 4.98. The number of carbonyl (C=O) groups excluding carboxylic acids is 4. The molecule has 0 bridgehead atoms. The lowest BCUT2D eigenvalue weighted by molar-refractivity contribution is -0.237. The number of benzene rings is 1. The van der Waals surface area contributed by atoms with Crippen molar-refractivity contribution in [1.29, 1.82) is 0 Å². The second-order valence-electron chi connectivity index (χ2n) is 8.26. The number of fused-ring (bicyclic) bond motifs is 1. The van der Waals surface area contributed by atoms with Crippen molar-refractivity contribution in [1.82, 2.24) is 9.97 Å². The van der Waals surface area contributed by atoms with Gasteiger partial charge in [0.1, 0.15) is 17.7 Å². The minimum absolute atomic E-state index is 0.0873. The molecule has 5 atom stereocenters. The van der Waals surface area contributed by atoms with Crippen molar-refractivity contribution in [3.63, 3.8) is 0 Å². The SMILES string of the molecule is CC(=O)OC[C@H]1O[C@@H](Sc2nc(/C=C/C(=O)O)nc3ccccc23)[C@H](OC(C)=O)[C@@H](OC(C)=O)[C@@H]1OC(C)=O. The molecular formula is C25H26N2O11S. The summed E-state index contributed by atoms with van der Waals surface area (Å²) in [4.78, 5) is 67.4. The molecule has 0 spiro atoms. The zero-order valence-corrected chi connectivity index (χ0v) is 22.2. The molecule has 1 aliphatic heterocycles. The first kappa shape index (κ1) is 29.5. The van der Waals surface area contributed by atoms with Crippen molar-refractivity contribution in [2.24, 2.45) is 0 Å². The van der Waals surface area contributed by atoms with Crippen LogP contribution < -0.4 is 0 Å². The number of para-hydroxylation sites is 1. The quantitative estimate of drug-likeness (QED) is 0.203. The summed E-state index contributed by atoms with van der Waals surface area (Å²) in [6.07, 6.45) is -2.93. The highest BCUT2D eigenvalue weighted by molar-refractivity contribution is 8.00. The van der Waals surface area contributed by atoms with Gasteiger partial charge in [-0.15, -0.1) is 0 Å². The lowest BCUT2D eigenvalue weighted by Gasteiger charge is -2.44. The first-order chi connectivity index (χ1) is 18.4. The molecule has 1 saturated heterocycles. The van der Waals surface area contributed by atoms with Gasteiger partial charge in [0.05, 0.1) is 5.52 Å². The second kappa shape index (κ2) is 13.2. The Morgan fingerprint density at radius 2 is 1.51 bits per heavy atom. The van der Waals surface area contributed by atoms with Gasteiger partial charge in [-0.05, 0) is 12.1 Å². The number of esters is 4. The topological polar surface area (TPSA) is 178 Å². The van der Waals surface area contributed by atoms with Crippen LogP contribution in [0.1, 0.15) is 33.5 Å². The van der Waals surface area contributed by atoms with Crippen molar-refractivity contribution >= 4 is 58.6 Å². The molecule has 0 unspecified atom stereocenters. The lowest BCUT2D eigenvalue weighted by atomic mass is 9.99. The van der Waals surface area contributed by atoms with Gasteiger partial charge in [-0.2, -0.15) is 0 Å². The molecule has 0 aliphatic carbocycles. The van der Waals surface area contributed by atoms with Crippen LogP contribution in [0, 0.1) is 0 Å². The molecular weight excluding hydrogens is 536 g/mol. The van der Waals surface area contributed by atoms with Gasteiger partial charge in [-0.25, -0.2) is 14.8 Å². The van der Waals surface area contributed by atoms with Gasteiger partial charge in [0.15, 0.2) is 29.6 Å². The van der Waals surface area contributed by atoms with Crippen LogP contribution in [-0.4, -0.2) is 81.4 Å². The fraction of sp³-hybridized carbons (Fsp3) is 0.400. The molecule has 3 rings (SSSR count). The summed E-state index contributed by atoms with van der Waals surface area (Å²) in [6.45, 7) is 4.22. The molecule has 1 N–H and O–H groups in total. The summed E-state index contributed by atoms with van der Waals surface area (Å²) in [5.41, 5.74) is -0.620. The largest absolute Gasteiger partial charge is 0.478 e. The standard InChI is InChI=1S/C25H26N2O11S/c1-12(28)34-11-18-21(35-13(2)29)22(36-14(3)30)23(37-15(4)31)25(38-18)39-24-16-7-5-6-8-17(16)26-19(27-24)9-10-20(32)33/h5-10,18,21-23,25H,11H2,1-4H3,(H,32,33)/b10-9+/t18-,21-,22+,23-,25+/m1/s1. The van der Waals surface area contributed by atoms with E-state index in [1.54, 1.807) is 24.3 Å². The number of thioether (sulfide) groups is 1. The van der Waals surface area contributed by atoms with Crippen LogP contribution in [0.25, 0.3) is 17.0 Å². The van der Waals surface area contributed by atoms with Crippen molar-refractivity contribution in [2.45, 2.75) is 62.6 Å². The summed E-state index contributed by atoms with van der Waals surface area (Å²) in [5.74, 6) is -3.96. The summed E-state index contributed by atoms with van der Waals surface area (Å²) < 4.78 is 27.6. The van der Waals surface area contributed by atoms with Crippen molar-refractivity contribution in [2.75, 3.05) is 6.61 Å². The number of carbonyl (C=O) groups is 5. The number of carboxylic acids is 1. The molecule has 14 heteroatoms. The van der Waals surface area contributed by atoms with Crippen LogP contribution in [0.3, 0.4) is 0 Å². The molecule has 0 amide bonds. The maximum Gasteiger partial charge on any atom is 0.328 e. The van der Waals surface area contributed by atoms with E-state index in [9.17, 15) is 24.0 Å². The highest BCUT2D eigenvalue weighted by Crippen LogP contribution is 2.39. The highest BCUT2D eigenvalue weighted by Gasteiger charge is 2.52. The van der Waals surface area contributed by atoms with E-state index in [-0.39, 0.29) is 12.4 Å². The molecule has 2 heterocycles. The van der Waals surface area contributed by atoms with Gasteiger partial charge in [0, 0.05) is 39.2 Å². The Balaban J connectivity index is 2.11. The molecule has 208 valence electrons. The van der Waals surface area contributed by atoms with Crippen LogP contribution in [0.2, 0.25) is 0 Å². The van der Waals surface area contributed by atoms with Crippen molar-refractivity contribution < 1.29 is 52.8 Å². The summed E-state index contributed by atoms with van der Waals surface area (Å²) in [6, 6.07) is 6.92. The van der Waals surface area contributed by atoms with E-state index in [1.165, 1.54) is 13.0 Å². The minimum atomic E-state index is -1.33. The van der Waals surface area contributed by atoms with E-state index in [4.69, 9.17) is 28.8 Å². The number of ether oxygens (including phenoxy) is 5. The average molecular weight is 563 g/mol. The first-order valence-corrected chi connectivity index (χ1v) is 12.5. The Bertz CT molecular complexity index is 1300. The predicted molar refractivity (Wildman–Crippen MR) is 134 cm³/mol. The van der Waals surface area contributed by atoms with Gasteiger partial charge >= 0.3 is 29.8 Å². The number of aliphatic carboxylic acids is 1. The third-order valence-electron chi connectivity index (χ3n) is 5.14. The number of nitrogens with zero attached hydrogens (tertiary/aromatic N) is 2. The van der Waals surface area contributed by atoms with Gasteiger partial charge in [0.2, 0.25) is 0 Å². The maximum atomic E-state index is 12.1. The molecule has 1 aliphatic rings. The van der Waals surface area contributed by atoms with Crippen LogP contribution in [-0.2, 0) is 47.7 Å². The Morgan fingerprint density at radius 3 is 2.13 bits per heavy atom. The third-order valence-corrected chi connectivity index (χ3v) is 6.28. The van der Waals surface area contributed by atoms with E-state index in [1.807, 2.05) is 0 Å².